The molecule has 1 saturated heterocycles. The lowest BCUT2D eigenvalue weighted by Gasteiger charge is -2.28. The van der Waals surface area contributed by atoms with Crippen LogP contribution in [0, 0.1) is 5.92 Å². The van der Waals surface area contributed by atoms with Gasteiger partial charge in [-0.25, -0.2) is 9.55 Å². The predicted molar refractivity (Wildman–Crippen MR) is 179 cm³/mol. The van der Waals surface area contributed by atoms with Crippen LogP contribution in [0.1, 0.15) is 32.6 Å². The first-order chi connectivity index (χ1) is 23.4. The minimum Gasteiger partial charge on any atom is -0.460 e. The Morgan fingerprint density at radius 2 is 1.86 bits per heavy atom. The summed E-state index contributed by atoms with van der Waals surface area (Å²) in [6.07, 6.45) is -2.94. The summed E-state index contributed by atoms with van der Waals surface area (Å²) in [6, 6.07) is 20.5. The molecule has 0 saturated carbocycles. The molecule has 3 heterocycles. The van der Waals surface area contributed by atoms with Gasteiger partial charge in [-0.15, -0.1) is 0 Å². The maximum absolute atomic E-state index is 14.7. The van der Waals surface area contributed by atoms with Crippen LogP contribution in [-0.4, -0.2) is 66.2 Å². The number of carbonyl (C=O) groups excluding carboxylic acids is 1. The number of carbonyl (C=O) groups is 1. The molecular weight excluding hydrogens is 655 g/mol. The summed E-state index contributed by atoms with van der Waals surface area (Å²) in [5.74, 6) is -1.08. The quantitative estimate of drug-likeness (QED) is 0.0938. The van der Waals surface area contributed by atoms with Crippen molar-refractivity contribution >= 4 is 41.6 Å². The smallest absolute Gasteiger partial charge is 0.459 e. The van der Waals surface area contributed by atoms with E-state index < -0.39 is 61.9 Å². The molecule has 1 unspecified atom stereocenters. The molecule has 16 heteroatoms. The minimum atomic E-state index is -4.47. The monoisotopic (exact) mass is 692 g/mol. The van der Waals surface area contributed by atoms with Gasteiger partial charge in [-0.1, -0.05) is 80.6 Å². The molecular formula is C33H37N6O9P. The summed E-state index contributed by atoms with van der Waals surface area (Å²) < 4.78 is 39.5. The van der Waals surface area contributed by atoms with Gasteiger partial charge in [0.05, 0.1) is 12.9 Å². The van der Waals surface area contributed by atoms with Gasteiger partial charge in [0.1, 0.15) is 36.2 Å². The molecule has 6 atom stereocenters. The Hall–Kier alpha value is -4.63. The Labute approximate surface area is 280 Å². The van der Waals surface area contributed by atoms with Crippen molar-refractivity contribution in [3.63, 3.8) is 0 Å². The maximum Gasteiger partial charge on any atom is 0.459 e. The van der Waals surface area contributed by atoms with Crippen LogP contribution < -0.4 is 20.9 Å². The van der Waals surface area contributed by atoms with E-state index in [1.807, 2.05) is 48.5 Å². The summed E-state index contributed by atoms with van der Waals surface area (Å²) in [5.41, 5.74) is 3.90. The van der Waals surface area contributed by atoms with Crippen LogP contribution in [0.5, 0.6) is 5.75 Å². The van der Waals surface area contributed by atoms with Crippen LogP contribution in [-0.2, 0) is 30.0 Å². The molecule has 15 nitrogen and oxygen atoms in total. The molecule has 1 aliphatic rings. The van der Waals surface area contributed by atoms with E-state index in [0.29, 0.717) is 5.39 Å². The standard InChI is InChI=1S/C33H37N6O9P/c1-19(2)25(30(42)45-16-20-10-5-4-6-11-20)38-49(44,48-23-15-9-13-21-12-7-8-14-22(21)23)46-17-24-27(40)33(3,43)31(47-24)39-18-35-26-28(39)36-32(34)37-29(26)41/h4-15,18-19,24-25,27,31,40,43H,16-17H2,1-3H3,(H,38,44)(H3,34,36,37,41)/t24-,25+,27-,31-,33-,49?/m1/s1. The summed E-state index contributed by atoms with van der Waals surface area (Å²) in [5, 5.41) is 26.8. The number of rotatable bonds is 12. The molecule has 0 bridgehead atoms. The van der Waals surface area contributed by atoms with E-state index in [1.54, 1.807) is 38.1 Å². The van der Waals surface area contributed by atoms with Crippen LogP contribution in [0.3, 0.4) is 0 Å². The number of anilines is 1. The third kappa shape index (κ3) is 7.08. The lowest BCUT2D eigenvalue weighted by atomic mass is 9.96. The van der Waals surface area contributed by atoms with Crippen molar-refractivity contribution in [1.82, 2.24) is 24.6 Å². The van der Waals surface area contributed by atoms with Gasteiger partial charge in [0.2, 0.25) is 5.95 Å². The second kappa shape index (κ2) is 13.7. The number of nitrogen functional groups attached to an aromatic ring is 1. The number of hydrogen-bond acceptors (Lipinski definition) is 12. The zero-order valence-corrected chi connectivity index (χ0v) is 27.8. The molecule has 258 valence electrons. The first-order valence-electron chi connectivity index (χ1n) is 15.5. The maximum atomic E-state index is 14.7. The molecule has 1 aliphatic heterocycles. The Morgan fingerprint density at radius 3 is 2.61 bits per heavy atom. The van der Waals surface area contributed by atoms with Crippen molar-refractivity contribution in [3.8, 4) is 5.75 Å². The van der Waals surface area contributed by atoms with Gasteiger partial charge >= 0.3 is 13.7 Å². The molecule has 49 heavy (non-hydrogen) atoms. The molecule has 0 spiro atoms. The van der Waals surface area contributed by atoms with E-state index >= 15 is 0 Å². The van der Waals surface area contributed by atoms with Gasteiger partial charge in [-0.3, -0.25) is 23.7 Å². The van der Waals surface area contributed by atoms with E-state index in [2.05, 4.69) is 20.0 Å². The van der Waals surface area contributed by atoms with Gasteiger partial charge in [0.15, 0.2) is 17.4 Å². The number of H-pyrrole nitrogens is 1. The Morgan fingerprint density at radius 1 is 1.14 bits per heavy atom. The van der Waals surface area contributed by atoms with Crippen molar-refractivity contribution in [3.05, 3.63) is 95.0 Å². The number of aliphatic hydroxyl groups excluding tert-OH is 1. The SMILES string of the molecule is CC(C)[C@H](NP(=O)(OC[C@H]1O[C@@H](n2cnc3c(=O)[nH]c(N)nc32)[C@](C)(O)[C@@H]1O)Oc1cccc2ccccc12)C(=O)OCc1ccccc1. The van der Waals surface area contributed by atoms with Crippen molar-refractivity contribution < 1.29 is 38.1 Å². The number of benzene rings is 3. The molecule has 0 amide bonds. The normalized spacial score (nSPS) is 22.7. The number of nitrogens with two attached hydrogens (primary N) is 1. The van der Waals surface area contributed by atoms with Crippen LogP contribution in [0.15, 0.2) is 83.9 Å². The molecule has 0 aliphatic carbocycles. The van der Waals surface area contributed by atoms with Crippen molar-refractivity contribution in [2.45, 2.75) is 57.5 Å². The highest BCUT2D eigenvalue weighted by Gasteiger charge is 2.54. The third-order valence-electron chi connectivity index (χ3n) is 8.28. The van der Waals surface area contributed by atoms with Gasteiger partial charge in [-0.2, -0.15) is 10.1 Å². The predicted octanol–water partition coefficient (Wildman–Crippen LogP) is 3.43. The fourth-order valence-electron chi connectivity index (χ4n) is 5.62. The fourth-order valence-corrected chi connectivity index (χ4v) is 7.31. The first kappa shape index (κ1) is 34.2. The second-order valence-electron chi connectivity index (χ2n) is 12.3. The fraction of sp³-hybridized carbons (Fsp3) is 0.333. The second-order valence-corrected chi connectivity index (χ2v) is 14.0. The molecule has 1 fully saturated rings. The van der Waals surface area contributed by atoms with Crippen LogP contribution >= 0.6 is 7.75 Å². The van der Waals surface area contributed by atoms with Crippen LogP contribution in [0.4, 0.5) is 5.95 Å². The number of nitrogens with one attached hydrogen (secondary N) is 2. The zero-order chi connectivity index (χ0) is 34.9. The number of esters is 1. The number of aliphatic hydroxyl groups is 2. The Balaban J connectivity index is 1.27. The van der Waals surface area contributed by atoms with E-state index in [0.717, 1.165) is 10.9 Å². The number of fused-ring (bicyclic) bond motifs is 2. The molecule has 0 radical (unpaired) electrons. The van der Waals surface area contributed by atoms with Gasteiger partial charge < -0.3 is 29.9 Å². The summed E-state index contributed by atoms with van der Waals surface area (Å²) >= 11 is 0. The number of hydrogen-bond donors (Lipinski definition) is 5. The summed E-state index contributed by atoms with van der Waals surface area (Å²) in [4.78, 5) is 36.2. The van der Waals surface area contributed by atoms with Crippen molar-refractivity contribution in [1.29, 1.82) is 0 Å². The summed E-state index contributed by atoms with van der Waals surface area (Å²) in [6.45, 7) is 4.25. The Kier molecular flexibility index (Phi) is 9.58. The lowest BCUT2D eigenvalue weighted by Crippen LogP contribution is -2.45. The average molecular weight is 693 g/mol. The summed E-state index contributed by atoms with van der Waals surface area (Å²) in [7, 11) is -4.47. The number of imidazole rings is 1. The highest BCUT2D eigenvalue weighted by atomic mass is 31.2. The molecule has 6 N–H and O–H groups in total. The van der Waals surface area contributed by atoms with E-state index in [-0.39, 0.29) is 29.5 Å². The molecule has 3 aromatic carbocycles. The van der Waals surface area contributed by atoms with Gasteiger partial charge in [0, 0.05) is 5.39 Å². The molecule has 6 rings (SSSR count). The number of ether oxygens (including phenoxy) is 2. The van der Waals surface area contributed by atoms with Crippen molar-refractivity contribution in [2.75, 3.05) is 12.3 Å². The Bertz CT molecular complexity index is 2060. The average Bonchev–Trinajstić information content (AvgIpc) is 3.59. The third-order valence-corrected chi connectivity index (χ3v) is 9.80. The van der Waals surface area contributed by atoms with Gasteiger partial charge in [0.25, 0.3) is 5.56 Å². The van der Waals surface area contributed by atoms with Crippen LogP contribution in [0.2, 0.25) is 0 Å². The van der Waals surface area contributed by atoms with E-state index in [1.165, 1.54) is 17.8 Å². The number of nitrogens with zero attached hydrogens (tertiary/aromatic N) is 3. The first-order valence-corrected chi connectivity index (χ1v) is 17.1. The lowest BCUT2D eigenvalue weighted by molar-refractivity contribution is -0.148. The zero-order valence-electron chi connectivity index (χ0n) is 26.9. The molecule has 2 aromatic heterocycles. The number of aromatic nitrogens is 4. The minimum absolute atomic E-state index is 0.00615. The highest BCUT2D eigenvalue weighted by molar-refractivity contribution is 7.52. The van der Waals surface area contributed by atoms with E-state index in [4.69, 9.17) is 24.3 Å². The molecule has 5 aromatic rings. The van der Waals surface area contributed by atoms with Gasteiger partial charge in [-0.05, 0) is 29.9 Å². The van der Waals surface area contributed by atoms with E-state index in [9.17, 15) is 24.4 Å². The van der Waals surface area contributed by atoms with Crippen molar-refractivity contribution in [2.24, 2.45) is 5.92 Å². The number of aromatic amines is 1. The highest BCUT2D eigenvalue weighted by Crippen LogP contribution is 2.49. The largest absolute Gasteiger partial charge is 0.460 e. The van der Waals surface area contributed by atoms with Crippen LogP contribution in [0.25, 0.3) is 21.9 Å². The topological polar surface area (TPSA) is 213 Å².